The number of hydrogen-bond acceptors (Lipinski definition) is 8. The maximum absolute atomic E-state index is 12.1. The van der Waals surface area contributed by atoms with Crippen molar-refractivity contribution >= 4 is 35.4 Å². The Labute approximate surface area is 175 Å². The van der Waals surface area contributed by atoms with Gasteiger partial charge in [0.15, 0.2) is 11.0 Å². The van der Waals surface area contributed by atoms with Crippen molar-refractivity contribution in [3.05, 3.63) is 23.7 Å². The molecule has 2 aliphatic heterocycles. The molecule has 4 heterocycles. The number of aliphatic carboxylic acids is 1. The predicted molar refractivity (Wildman–Crippen MR) is 109 cm³/mol. The number of β-lactam (4-membered cyclic amide) rings is 1. The SMILES string of the molecule is CCn1cc(-c2nnc(SCC3=C(C(=O)O)N4C(=O)[C@H](N)[C@H]4SC3)n2CC)cn1. The van der Waals surface area contributed by atoms with Crippen molar-refractivity contribution in [3.8, 4) is 11.4 Å². The van der Waals surface area contributed by atoms with Gasteiger partial charge in [-0.15, -0.1) is 22.0 Å². The number of thioether (sulfide) groups is 2. The van der Waals surface area contributed by atoms with Gasteiger partial charge < -0.3 is 15.4 Å². The zero-order chi connectivity index (χ0) is 20.7. The predicted octanol–water partition coefficient (Wildman–Crippen LogP) is 0.855. The van der Waals surface area contributed by atoms with Crippen LogP contribution in [0.4, 0.5) is 0 Å². The lowest BCUT2D eigenvalue weighted by atomic mass is 10.0. The van der Waals surface area contributed by atoms with Gasteiger partial charge >= 0.3 is 5.97 Å². The molecule has 154 valence electrons. The second kappa shape index (κ2) is 7.84. The standard InChI is InChI=1S/C17H21N7O3S2/c1-3-22-6-9(5-19-22)13-20-21-17(23(13)4-2)29-8-10-7-28-15-11(18)14(25)24(15)12(10)16(26)27/h5-6,11,15H,3-4,7-8,18H2,1-2H3,(H,26,27)/t11-,15+/m0/s1. The second-order valence-electron chi connectivity index (χ2n) is 6.62. The fourth-order valence-electron chi connectivity index (χ4n) is 3.39. The fourth-order valence-corrected chi connectivity index (χ4v) is 5.82. The van der Waals surface area contributed by atoms with Gasteiger partial charge in [-0.1, -0.05) is 11.8 Å². The summed E-state index contributed by atoms with van der Waals surface area (Å²) < 4.78 is 3.80. The highest BCUT2D eigenvalue weighted by Crippen LogP contribution is 2.40. The molecule has 1 fully saturated rings. The number of rotatable bonds is 7. The Hall–Kier alpha value is -2.31. The highest BCUT2D eigenvalue weighted by Gasteiger charge is 2.51. The van der Waals surface area contributed by atoms with Crippen molar-refractivity contribution in [3.63, 3.8) is 0 Å². The van der Waals surface area contributed by atoms with Gasteiger partial charge in [-0.2, -0.15) is 5.10 Å². The number of carbonyl (C=O) groups excluding carboxylic acids is 1. The second-order valence-corrected chi connectivity index (χ2v) is 8.66. The molecule has 0 spiro atoms. The highest BCUT2D eigenvalue weighted by atomic mass is 32.2. The van der Waals surface area contributed by atoms with E-state index in [4.69, 9.17) is 5.73 Å². The number of nitrogens with two attached hydrogens (primary N) is 1. The van der Waals surface area contributed by atoms with E-state index in [1.54, 1.807) is 6.20 Å². The van der Waals surface area contributed by atoms with Gasteiger partial charge in [0.25, 0.3) is 0 Å². The van der Waals surface area contributed by atoms with E-state index >= 15 is 0 Å². The highest BCUT2D eigenvalue weighted by molar-refractivity contribution is 8.01. The maximum Gasteiger partial charge on any atom is 0.352 e. The van der Waals surface area contributed by atoms with Crippen LogP contribution >= 0.6 is 23.5 Å². The third-order valence-electron chi connectivity index (χ3n) is 4.91. The number of carboxylic acids is 1. The summed E-state index contributed by atoms with van der Waals surface area (Å²) in [7, 11) is 0. The Morgan fingerprint density at radius 2 is 2.17 bits per heavy atom. The summed E-state index contributed by atoms with van der Waals surface area (Å²) in [5, 5.41) is 22.9. The van der Waals surface area contributed by atoms with Crippen LogP contribution in [-0.2, 0) is 22.7 Å². The summed E-state index contributed by atoms with van der Waals surface area (Å²) in [5.74, 6) is 0.217. The minimum Gasteiger partial charge on any atom is -0.477 e. The van der Waals surface area contributed by atoms with Crippen molar-refractivity contribution in [2.75, 3.05) is 11.5 Å². The van der Waals surface area contributed by atoms with Crippen LogP contribution in [0.5, 0.6) is 0 Å². The van der Waals surface area contributed by atoms with Gasteiger partial charge in [0, 0.05) is 30.8 Å². The lowest BCUT2D eigenvalue weighted by Crippen LogP contribution is -2.68. The van der Waals surface area contributed by atoms with Crippen LogP contribution in [0.15, 0.2) is 28.8 Å². The van der Waals surface area contributed by atoms with E-state index in [-0.39, 0.29) is 17.0 Å². The molecule has 0 saturated carbocycles. The Bertz CT molecular complexity index is 999. The van der Waals surface area contributed by atoms with E-state index < -0.39 is 12.0 Å². The van der Waals surface area contributed by atoms with Crippen LogP contribution < -0.4 is 5.73 Å². The average Bonchev–Trinajstić information content (AvgIpc) is 3.36. The van der Waals surface area contributed by atoms with Crippen LogP contribution in [0, 0.1) is 0 Å². The van der Waals surface area contributed by atoms with Gasteiger partial charge in [0.05, 0.1) is 11.8 Å². The molecule has 10 nitrogen and oxygen atoms in total. The van der Waals surface area contributed by atoms with Crippen LogP contribution in [0.2, 0.25) is 0 Å². The van der Waals surface area contributed by atoms with Crippen LogP contribution in [-0.4, -0.2) is 69.3 Å². The first-order chi connectivity index (χ1) is 14.0. The molecule has 4 rings (SSSR count). The van der Waals surface area contributed by atoms with Crippen LogP contribution in [0.25, 0.3) is 11.4 Å². The first kappa shape index (κ1) is 20.0. The van der Waals surface area contributed by atoms with E-state index in [1.807, 2.05) is 29.3 Å². The zero-order valence-corrected chi connectivity index (χ0v) is 17.6. The van der Waals surface area contributed by atoms with E-state index in [0.29, 0.717) is 28.8 Å². The Balaban J connectivity index is 1.57. The number of carboxylic acid groups (broad SMARTS) is 1. The lowest BCUT2D eigenvalue weighted by Gasteiger charge is -2.48. The van der Waals surface area contributed by atoms with Gasteiger partial charge in [-0.3, -0.25) is 14.4 Å². The zero-order valence-electron chi connectivity index (χ0n) is 16.0. The molecule has 2 atom stereocenters. The largest absolute Gasteiger partial charge is 0.477 e. The summed E-state index contributed by atoms with van der Waals surface area (Å²) in [5.41, 5.74) is 7.43. The normalized spacial score (nSPS) is 21.3. The van der Waals surface area contributed by atoms with Crippen molar-refractivity contribution in [2.24, 2.45) is 5.73 Å². The maximum atomic E-state index is 12.1. The lowest BCUT2D eigenvalue weighted by molar-refractivity contribution is -0.147. The first-order valence-corrected chi connectivity index (χ1v) is 11.2. The number of hydrogen-bond donors (Lipinski definition) is 2. The number of fused-ring (bicyclic) bond motifs is 1. The average molecular weight is 436 g/mol. The van der Waals surface area contributed by atoms with Crippen molar-refractivity contribution in [1.82, 2.24) is 29.4 Å². The number of aryl methyl sites for hydroxylation is 1. The molecular weight excluding hydrogens is 414 g/mol. The molecule has 0 bridgehead atoms. The van der Waals surface area contributed by atoms with E-state index in [1.165, 1.54) is 28.4 Å². The number of amides is 1. The summed E-state index contributed by atoms with van der Waals surface area (Å²) >= 11 is 2.91. The minimum atomic E-state index is -1.10. The summed E-state index contributed by atoms with van der Waals surface area (Å²) in [6.07, 6.45) is 3.68. The molecule has 2 aromatic rings. The van der Waals surface area contributed by atoms with Crippen LogP contribution in [0.1, 0.15) is 13.8 Å². The first-order valence-electron chi connectivity index (χ1n) is 9.20. The number of aromatic nitrogens is 5. The van der Waals surface area contributed by atoms with E-state index in [0.717, 1.165) is 17.9 Å². The minimum absolute atomic E-state index is 0.0555. The third kappa shape index (κ3) is 3.34. The summed E-state index contributed by atoms with van der Waals surface area (Å²) in [6, 6.07) is -0.627. The molecule has 29 heavy (non-hydrogen) atoms. The topological polar surface area (TPSA) is 132 Å². The van der Waals surface area contributed by atoms with Gasteiger partial charge in [0.2, 0.25) is 5.91 Å². The molecule has 2 aromatic heterocycles. The Morgan fingerprint density at radius 3 is 2.83 bits per heavy atom. The number of nitrogens with zero attached hydrogens (tertiary/aromatic N) is 6. The molecule has 3 N–H and O–H groups in total. The van der Waals surface area contributed by atoms with E-state index in [9.17, 15) is 14.7 Å². The summed E-state index contributed by atoms with van der Waals surface area (Å²) in [6.45, 7) is 5.46. The van der Waals surface area contributed by atoms with Gasteiger partial charge in [-0.05, 0) is 19.4 Å². The molecule has 12 heteroatoms. The van der Waals surface area contributed by atoms with E-state index in [2.05, 4.69) is 15.3 Å². The Kier molecular flexibility index (Phi) is 5.40. The number of carbonyl (C=O) groups is 2. The molecule has 1 amide bonds. The van der Waals surface area contributed by atoms with Crippen molar-refractivity contribution in [1.29, 1.82) is 0 Å². The molecule has 2 aliphatic rings. The van der Waals surface area contributed by atoms with Crippen LogP contribution in [0.3, 0.4) is 0 Å². The Morgan fingerprint density at radius 1 is 1.38 bits per heavy atom. The molecular formula is C17H21N7O3S2. The van der Waals surface area contributed by atoms with Crippen molar-refractivity contribution < 1.29 is 14.7 Å². The van der Waals surface area contributed by atoms with Gasteiger partial charge in [0.1, 0.15) is 17.1 Å². The quantitative estimate of drug-likeness (QED) is 0.480. The molecule has 0 radical (unpaired) electrons. The molecule has 0 aromatic carbocycles. The molecule has 1 saturated heterocycles. The third-order valence-corrected chi connectivity index (χ3v) is 7.33. The molecule has 0 unspecified atom stereocenters. The molecule has 0 aliphatic carbocycles. The smallest absolute Gasteiger partial charge is 0.352 e. The summed E-state index contributed by atoms with van der Waals surface area (Å²) in [4.78, 5) is 25.2. The van der Waals surface area contributed by atoms with Crippen molar-refractivity contribution in [2.45, 2.75) is 43.5 Å². The van der Waals surface area contributed by atoms with Gasteiger partial charge in [-0.25, -0.2) is 4.79 Å². The monoisotopic (exact) mass is 435 g/mol. The fraction of sp³-hybridized carbons (Fsp3) is 0.471.